The lowest BCUT2D eigenvalue weighted by atomic mass is 9.91. The molecule has 4 heterocycles. The van der Waals surface area contributed by atoms with Crippen LogP contribution in [0.3, 0.4) is 0 Å². The second-order valence-corrected chi connectivity index (χ2v) is 16.9. The molecular formula is C22H40O8Si. The topological polar surface area (TPSA) is 77.1 Å². The first kappa shape index (κ1) is 24.0. The lowest BCUT2D eigenvalue weighted by Gasteiger charge is -2.39. The molecule has 0 N–H and O–H groups in total. The molecule has 0 unspecified atom stereocenters. The minimum absolute atomic E-state index is 0.0254. The van der Waals surface area contributed by atoms with Crippen LogP contribution in [-0.4, -0.2) is 89.0 Å². The van der Waals surface area contributed by atoms with Crippen LogP contribution in [0.25, 0.3) is 0 Å². The molecule has 9 heteroatoms. The van der Waals surface area contributed by atoms with Crippen molar-refractivity contribution in [3.8, 4) is 0 Å². The van der Waals surface area contributed by atoms with Crippen LogP contribution in [-0.2, 0) is 37.9 Å². The van der Waals surface area contributed by atoms with Crippen molar-refractivity contribution in [2.45, 2.75) is 114 Å². The lowest BCUT2D eigenvalue weighted by Crippen LogP contribution is -2.56. The Hall–Kier alpha value is -0.103. The van der Waals surface area contributed by atoms with Crippen molar-refractivity contribution in [1.82, 2.24) is 0 Å². The van der Waals surface area contributed by atoms with Gasteiger partial charge in [-0.15, -0.1) is 0 Å². The molecule has 0 bridgehead atoms. The molecular weight excluding hydrogens is 420 g/mol. The van der Waals surface area contributed by atoms with E-state index in [1.807, 2.05) is 27.7 Å². The van der Waals surface area contributed by atoms with E-state index < -0.39 is 19.6 Å². The second kappa shape index (κ2) is 8.92. The molecule has 0 aliphatic carbocycles. The summed E-state index contributed by atoms with van der Waals surface area (Å²) in [6.07, 6.45) is -0.347. The maximum Gasteiger partial charge on any atom is 0.164 e. The van der Waals surface area contributed by atoms with Gasteiger partial charge < -0.3 is 37.9 Å². The van der Waals surface area contributed by atoms with E-state index >= 15 is 0 Å². The zero-order valence-electron chi connectivity index (χ0n) is 20.1. The van der Waals surface area contributed by atoms with Gasteiger partial charge in [-0.1, -0.05) is 19.6 Å². The monoisotopic (exact) mass is 460 g/mol. The van der Waals surface area contributed by atoms with Crippen LogP contribution in [0.5, 0.6) is 0 Å². The van der Waals surface area contributed by atoms with Crippen molar-refractivity contribution in [2.75, 3.05) is 26.6 Å². The van der Waals surface area contributed by atoms with Gasteiger partial charge in [0.05, 0.1) is 25.4 Å². The van der Waals surface area contributed by atoms with Gasteiger partial charge in [0.1, 0.15) is 37.3 Å². The van der Waals surface area contributed by atoms with Crippen molar-refractivity contribution in [3.63, 3.8) is 0 Å². The quantitative estimate of drug-likeness (QED) is 0.225. The van der Waals surface area contributed by atoms with E-state index in [0.717, 1.165) is 25.7 Å². The predicted molar refractivity (Wildman–Crippen MR) is 116 cm³/mol. The number of ether oxygens (including phenoxy) is 8. The SMILES string of the molecule is CC1(C)O[C@H]([C@@H]2O[C@@H]([C@H]3CO3)C[C@H]3OC(C)(C)O[C@@H]23)[C@@H](COCOCC[Si](C)(C)C)O1. The summed E-state index contributed by atoms with van der Waals surface area (Å²) in [5, 5.41) is 0. The van der Waals surface area contributed by atoms with Gasteiger partial charge in [0, 0.05) is 21.1 Å². The first-order chi connectivity index (χ1) is 14.4. The normalized spacial score (nSPS) is 41.3. The Morgan fingerprint density at radius 2 is 1.48 bits per heavy atom. The molecule has 0 aromatic carbocycles. The average Bonchev–Trinajstić information content (AvgIpc) is 3.36. The highest BCUT2D eigenvalue weighted by atomic mass is 28.3. The summed E-state index contributed by atoms with van der Waals surface area (Å²) in [7, 11) is -1.11. The molecule has 4 fully saturated rings. The standard InChI is InChI=1S/C22H40O8Si/c1-21(2)27-15-10-14(16-12-25-16)26-20(18(15)29-21)19-17(28-22(3,4)30-19)11-24-13-23-8-9-31(5,6)7/h14-20H,8-13H2,1-7H3/t14-,15-,16-,17-,18-,19+,20-/m1/s1. The maximum absolute atomic E-state index is 6.49. The van der Waals surface area contributed by atoms with Crippen molar-refractivity contribution in [3.05, 3.63) is 0 Å². The third-order valence-electron chi connectivity index (χ3n) is 6.11. The van der Waals surface area contributed by atoms with Gasteiger partial charge >= 0.3 is 0 Å². The lowest BCUT2D eigenvalue weighted by molar-refractivity contribution is -0.206. The van der Waals surface area contributed by atoms with Crippen LogP contribution in [0, 0.1) is 0 Å². The molecule has 7 atom stereocenters. The van der Waals surface area contributed by atoms with Crippen LogP contribution in [0.1, 0.15) is 34.1 Å². The number of hydrogen-bond donors (Lipinski definition) is 0. The van der Waals surface area contributed by atoms with Crippen molar-refractivity contribution in [1.29, 1.82) is 0 Å². The molecule has 0 radical (unpaired) electrons. The van der Waals surface area contributed by atoms with Gasteiger partial charge in [0.25, 0.3) is 0 Å². The smallest absolute Gasteiger partial charge is 0.164 e. The summed E-state index contributed by atoms with van der Waals surface area (Å²) < 4.78 is 48.4. The average molecular weight is 461 g/mol. The second-order valence-electron chi connectivity index (χ2n) is 11.2. The molecule has 4 saturated heterocycles. The summed E-state index contributed by atoms with van der Waals surface area (Å²) in [4.78, 5) is 0. The zero-order chi connectivity index (χ0) is 22.4. The number of epoxide rings is 1. The molecule has 0 aromatic heterocycles. The fourth-order valence-electron chi connectivity index (χ4n) is 4.59. The number of rotatable bonds is 9. The summed E-state index contributed by atoms with van der Waals surface area (Å²) in [5.74, 6) is -1.38. The highest BCUT2D eigenvalue weighted by Gasteiger charge is 2.58. The Labute approximate surface area is 187 Å². The molecule has 0 aromatic rings. The highest BCUT2D eigenvalue weighted by Crippen LogP contribution is 2.44. The minimum atomic E-state index is -1.11. The highest BCUT2D eigenvalue weighted by molar-refractivity contribution is 6.76. The van der Waals surface area contributed by atoms with Crippen molar-refractivity contribution in [2.24, 2.45) is 0 Å². The summed E-state index contributed by atoms with van der Waals surface area (Å²) >= 11 is 0. The van der Waals surface area contributed by atoms with E-state index in [2.05, 4.69) is 19.6 Å². The Bertz CT molecular complexity index is 617. The summed E-state index contributed by atoms with van der Waals surface area (Å²) in [5.41, 5.74) is 0. The molecule has 0 spiro atoms. The fourth-order valence-corrected chi connectivity index (χ4v) is 5.35. The molecule has 4 aliphatic rings. The van der Waals surface area contributed by atoms with E-state index in [-0.39, 0.29) is 49.5 Å². The molecule has 8 nitrogen and oxygen atoms in total. The van der Waals surface area contributed by atoms with Crippen LogP contribution >= 0.6 is 0 Å². The zero-order valence-corrected chi connectivity index (χ0v) is 21.1. The molecule has 0 saturated carbocycles. The fraction of sp³-hybridized carbons (Fsp3) is 1.00. The van der Waals surface area contributed by atoms with Crippen LogP contribution in [0.2, 0.25) is 25.7 Å². The molecule has 4 aliphatic heterocycles. The third-order valence-corrected chi connectivity index (χ3v) is 7.81. The summed E-state index contributed by atoms with van der Waals surface area (Å²) in [6.45, 7) is 16.8. The Balaban J connectivity index is 1.37. The Kier molecular flexibility index (Phi) is 6.92. The largest absolute Gasteiger partial charge is 0.370 e. The van der Waals surface area contributed by atoms with Gasteiger partial charge in [0.15, 0.2) is 11.6 Å². The van der Waals surface area contributed by atoms with Crippen LogP contribution < -0.4 is 0 Å². The van der Waals surface area contributed by atoms with Gasteiger partial charge in [-0.25, -0.2) is 0 Å². The van der Waals surface area contributed by atoms with Crippen LogP contribution in [0.4, 0.5) is 0 Å². The van der Waals surface area contributed by atoms with E-state index in [9.17, 15) is 0 Å². The predicted octanol–water partition coefficient (Wildman–Crippen LogP) is 2.91. The van der Waals surface area contributed by atoms with Crippen molar-refractivity contribution >= 4 is 8.07 Å². The maximum atomic E-state index is 6.49. The minimum Gasteiger partial charge on any atom is -0.370 e. The van der Waals surface area contributed by atoms with E-state index in [1.165, 1.54) is 0 Å². The van der Waals surface area contributed by atoms with Crippen LogP contribution in [0.15, 0.2) is 0 Å². The van der Waals surface area contributed by atoms with E-state index in [4.69, 9.17) is 37.9 Å². The van der Waals surface area contributed by atoms with Gasteiger partial charge in [-0.05, 0) is 33.7 Å². The first-order valence-electron chi connectivity index (χ1n) is 11.6. The third kappa shape index (κ3) is 6.27. The van der Waals surface area contributed by atoms with E-state index in [1.54, 1.807) is 0 Å². The number of hydrogen-bond acceptors (Lipinski definition) is 8. The van der Waals surface area contributed by atoms with Gasteiger partial charge in [-0.2, -0.15) is 0 Å². The first-order valence-corrected chi connectivity index (χ1v) is 15.3. The van der Waals surface area contributed by atoms with E-state index in [0.29, 0.717) is 6.61 Å². The summed E-state index contributed by atoms with van der Waals surface area (Å²) in [6, 6.07) is 1.12. The molecule has 180 valence electrons. The van der Waals surface area contributed by atoms with Gasteiger partial charge in [-0.3, -0.25) is 0 Å². The van der Waals surface area contributed by atoms with Gasteiger partial charge in [0.2, 0.25) is 0 Å². The Morgan fingerprint density at radius 1 is 0.806 bits per heavy atom. The number of fused-ring (bicyclic) bond motifs is 1. The molecule has 31 heavy (non-hydrogen) atoms. The Morgan fingerprint density at radius 3 is 2.16 bits per heavy atom. The van der Waals surface area contributed by atoms with Crippen molar-refractivity contribution < 1.29 is 37.9 Å². The molecule has 4 rings (SSSR count). The molecule has 0 amide bonds.